The molecular formula is C12H17FN4O. The Bertz CT molecular complexity index is 452. The molecule has 98 valence electrons. The van der Waals surface area contributed by atoms with Gasteiger partial charge >= 0.3 is 0 Å². The number of anilines is 1. The quantitative estimate of drug-likeness (QED) is 0.618. The number of hydrogen-bond donors (Lipinski definition) is 2. The molecule has 1 unspecified atom stereocenters. The fourth-order valence-corrected chi connectivity index (χ4v) is 2.26. The maximum Gasteiger partial charge on any atom is 0.257 e. The van der Waals surface area contributed by atoms with Gasteiger partial charge in [-0.3, -0.25) is 4.79 Å². The Balaban J connectivity index is 2.28. The summed E-state index contributed by atoms with van der Waals surface area (Å²) in [4.78, 5) is 17.7. The van der Waals surface area contributed by atoms with Crippen LogP contribution in [0.4, 0.5) is 10.2 Å². The van der Waals surface area contributed by atoms with Gasteiger partial charge in [0.2, 0.25) is 0 Å². The number of carbonyl (C=O) groups excluding carboxylic acids is 1. The van der Waals surface area contributed by atoms with E-state index in [1.807, 2.05) is 6.92 Å². The van der Waals surface area contributed by atoms with Crippen molar-refractivity contribution in [3.63, 3.8) is 0 Å². The molecule has 1 atom stereocenters. The number of nitrogens with two attached hydrogens (primary N) is 1. The molecule has 0 aromatic carbocycles. The Morgan fingerprint density at radius 1 is 1.61 bits per heavy atom. The zero-order valence-electron chi connectivity index (χ0n) is 10.3. The second-order valence-corrected chi connectivity index (χ2v) is 4.51. The molecule has 1 aliphatic rings. The molecule has 1 aliphatic heterocycles. The van der Waals surface area contributed by atoms with E-state index in [1.165, 1.54) is 12.3 Å². The van der Waals surface area contributed by atoms with E-state index >= 15 is 0 Å². The molecule has 2 rings (SSSR count). The summed E-state index contributed by atoms with van der Waals surface area (Å²) >= 11 is 0. The lowest BCUT2D eigenvalue weighted by Gasteiger charge is -2.33. The van der Waals surface area contributed by atoms with E-state index in [-0.39, 0.29) is 23.3 Å². The van der Waals surface area contributed by atoms with E-state index < -0.39 is 5.82 Å². The van der Waals surface area contributed by atoms with Crippen molar-refractivity contribution in [1.82, 2.24) is 9.88 Å². The van der Waals surface area contributed by atoms with Crippen LogP contribution in [0.2, 0.25) is 0 Å². The summed E-state index contributed by atoms with van der Waals surface area (Å²) in [6.45, 7) is 2.66. The first-order valence-electron chi connectivity index (χ1n) is 6.07. The van der Waals surface area contributed by atoms with Crippen LogP contribution in [0.25, 0.3) is 0 Å². The third kappa shape index (κ3) is 2.28. The number of amides is 1. The van der Waals surface area contributed by atoms with E-state index in [0.717, 1.165) is 19.3 Å². The number of nitrogen functional groups attached to an aromatic ring is 1. The van der Waals surface area contributed by atoms with Crippen LogP contribution in [-0.4, -0.2) is 28.4 Å². The van der Waals surface area contributed by atoms with Crippen LogP contribution in [0, 0.1) is 5.82 Å². The highest BCUT2D eigenvalue weighted by molar-refractivity contribution is 5.95. The molecule has 0 saturated carbocycles. The Kier molecular flexibility index (Phi) is 3.76. The zero-order chi connectivity index (χ0) is 13.1. The average molecular weight is 252 g/mol. The third-order valence-electron chi connectivity index (χ3n) is 3.32. The molecule has 0 spiro atoms. The number of nitrogens with one attached hydrogen (secondary N) is 1. The van der Waals surface area contributed by atoms with Gasteiger partial charge in [-0.25, -0.2) is 15.2 Å². The normalized spacial score (nSPS) is 19.7. The predicted molar refractivity (Wildman–Crippen MR) is 66.4 cm³/mol. The summed E-state index contributed by atoms with van der Waals surface area (Å²) in [6.07, 6.45) is 4.41. The topological polar surface area (TPSA) is 71.2 Å². The summed E-state index contributed by atoms with van der Waals surface area (Å²) in [7, 11) is 0. The second kappa shape index (κ2) is 5.30. The molecule has 3 N–H and O–H groups in total. The maximum absolute atomic E-state index is 14.0. The van der Waals surface area contributed by atoms with Gasteiger partial charge in [0.15, 0.2) is 11.6 Å². The number of nitrogens with zero attached hydrogens (tertiary/aromatic N) is 2. The summed E-state index contributed by atoms with van der Waals surface area (Å²) in [5, 5.41) is 0. The summed E-state index contributed by atoms with van der Waals surface area (Å²) in [6, 6.07) is 1.54. The van der Waals surface area contributed by atoms with Crippen molar-refractivity contribution in [3.05, 3.63) is 23.6 Å². The van der Waals surface area contributed by atoms with Crippen LogP contribution in [-0.2, 0) is 0 Å². The van der Waals surface area contributed by atoms with Crippen LogP contribution in [0.1, 0.15) is 36.5 Å². The van der Waals surface area contributed by atoms with Crippen molar-refractivity contribution in [1.29, 1.82) is 0 Å². The third-order valence-corrected chi connectivity index (χ3v) is 3.32. The molecule has 5 nitrogen and oxygen atoms in total. The number of hydrazine groups is 1. The number of hydrogen-bond acceptors (Lipinski definition) is 4. The van der Waals surface area contributed by atoms with Gasteiger partial charge in [-0.05, 0) is 32.3 Å². The fraction of sp³-hybridized carbons (Fsp3) is 0.500. The lowest BCUT2D eigenvalue weighted by molar-refractivity contribution is 0.0631. The van der Waals surface area contributed by atoms with Crippen molar-refractivity contribution >= 4 is 11.7 Å². The second-order valence-electron chi connectivity index (χ2n) is 4.51. The van der Waals surface area contributed by atoms with Gasteiger partial charge in [0.1, 0.15) is 0 Å². The van der Waals surface area contributed by atoms with Crippen LogP contribution < -0.4 is 11.3 Å². The number of likely N-dealkylation sites (tertiary alicyclic amines) is 1. The Morgan fingerprint density at radius 2 is 2.39 bits per heavy atom. The van der Waals surface area contributed by atoms with Crippen LogP contribution >= 0.6 is 0 Å². The van der Waals surface area contributed by atoms with E-state index in [9.17, 15) is 9.18 Å². The monoisotopic (exact) mass is 252 g/mol. The SMILES string of the molecule is CC1CCCCN1C(=O)c1ccnc(NN)c1F. The molecule has 0 radical (unpaired) electrons. The average Bonchev–Trinajstić information content (AvgIpc) is 2.39. The minimum absolute atomic E-state index is 0.0201. The molecule has 0 bridgehead atoms. The van der Waals surface area contributed by atoms with Crippen molar-refractivity contribution in [3.8, 4) is 0 Å². The highest BCUT2D eigenvalue weighted by Crippen LogP contribution is 2.22. The minimum atomic E-state index is -0.692. The van der Waals surface area contributed by atoms with Crippen LogP contribution in [0.5, 0.6) is 0 Å². The molecule has 1 amide bonds. The Labute approximate surface area is 105 Å². The first-order chi connectivity index (χ1) is 8.65. The number of pyridine rings is 1. The van der Waals surface area contributed by atoms with Gasteiger partial charge in [0, 0.05) is 18.8 Å². The van der Waals surface area contributed by atoms with Crippen molar-refractivity contribution in [2.24, 2.45) is 5.84 Å². The highest BCUT2D eigenvalue weighted by Gasteiger charge is 2.27. The standard InChI is InChI=1S/C12H17FN4O/c1-8-4-2-3-7-17(8)12(18)9-5-6-15-11(16-14)10(9)13/h5-6,8H,2-4,7,14H2,1H3,(H,15,16). The molecular weight excluding hydrogens is 235 g/mol. The number of halogens is 1. The van der Waals surface area contributed by atoms with Gasteiger partial charge in [0.05, 0.1) is 5.56 Å². The van der Waals surface area contributed by atoms with E-state index in [2.05, 4.69) is 10.4 Å². The predicted octanol–water partition coefficient (Wildman–Crippen LogP) is 1.52. The largest absolute Gasteiger partial charge is 0.336 e. The van der Waals surface area contributed by atoms with Crippen LogP contribution in [0.15, 0.2) is 12.3 Å². The number of piperidine rings is 1. The van der Waals surface area contributed by atoms with Gasteiger partial charge in [-0.15, -0.1) is 0 Å². The molecule has 0 aliphatic carbocycles. The Morgan fingerprint density at radius 3 is 3.06 bits per heavy atom. The summed E-state index contributed by atoms with van der Waals surface area (Å²) in [5.41, 5.74) is 2.17. The molecule has 2 heterocycles. The molecule has 1 aromatic heterocycles. The lowest BCUT2D eigenvalue weighted by atomic mass is 10.0. The maximum atomic E-state index is 14.0. The summed E-state index contributed by atoms with van der Waals surface area (Å²) < 4.78 is 14.0. The molecule has 1 fully saturated rings. The molecule has 1 saturated heterocycles. The lowest BCUT2D eigenvalue weighted by Crippen LogP contribution is -2.42. The van der Waals surface area contributed by atoms with E-state index in [0.29, 0.717) is 6.54 Å². The molecule has 1 aromatic rings. The number of rotatable bonds is 2. The van der Waals surface area contributed by atoms with Crippen molar-refractivity contribution < 1.29 is 9.18 Å². The van der Waals surface area contributed by atoms with E-state index in [4.69, 9.17) is 5.84 Å². The smallest absolute Gasteiger partial charge is 0.257 e. The Hall–Kier alpha value is -1.69. The van der Waals surface area contributed by atoms with Crippen molar-refractivity contribution in [2.45, 2.75) is 32.2 Å². The summed E-state index contributed by atoms with van der Waals surface area (Å²) in [5.74, 6) is 4.06. The highest BCUT2D eigenvalue weighted by atomic mass is 19.1. The number of aromatic nitrogens is 1. The zero-order valence-corrected chi connectivity index (χ0v) is 10.3. The minimum Gasteiger partial charge on any atom is -0.336 e. The first-order valence-corrected chi connectivity index (χ1v) is 6.07. The molecule has 18 heavy (non-hydrogen) atoms. The molecule has 6 heteroatoms. The van der Waals surface area contributed by atoms with Crippen LogP contribution in [0.3, 0.4) is 0 Å². The van der Waals surface area contributed by atoms with Gasteiger partial charge < -0.3 is 10.3 Å². The van der Waals surface area contributed by atoms with E-state index in [1.54, 1.807) is 4.90 Å². The number of carbonyl (C=O) groups is 1. The van der Waals surface area contributed by atoms with Gasteiger partial charge in [-0.1, -0.05) is 0 Å². The first kappa shape index (κ1) is 12.8. The van der Waals surface area contributed by atoms with Gasteiger partial charge in [-0.2, -0.15) is 0 Å². The van der Waals surface area contributed by atoms with Gasteiger partial charge in [0.25, 0.3) is 5.91 Å². The fourth-order valence-electron chi connectivity index (χ4n) is 2.26. The van der Waals surface area contributed by atoms with Crippen molar-refractivity contribution in [2.75, 3.05) is 12.0 Å².